The highest BCUT2D eigenvalue weighted by Gasteiger charge is 2.22. The molecule has 18 heavy (non-hydrogen) atoms. The zero-order valence-electron chi connectivity index (χ0n) is 10.9. The molecule has 1 aliphatic rings. The maximum atomic E-state index is 12.1. The zero-order valence-corrected chi connectivity index (χ0v) is 10.9. The predicted octanol–water partition coefficient (Wildman–Crippen LogP) is 0.799. The van der Waals surface area contributed by atoms with E-state index in [-0.39, 0.29) is 11.7 Å². The van der Waals surface area contributed by atoms with Gasteiger partial charge in [0, 0.05) is 25.9 Å². The molecule has 0 saturated heterocycles. The smallest absolute Gasteiger partial charge is 0.259 e. The lowest BCUT2D eigenvalue weighted by Gasteiger charge is -2.17. The molecule has 2 rings (SSSR count). The van der Waals surface area contributed by atoms with E-state index in [2.05, 4.69) is 10.2 Å². The fraction of sp³-hybridized carbons (Fsp3) is 0.667. The summed E-state index contributed by atoms with van der Waals surface area (Å²) in [4.78, 5) is 13.7. The molecule has 1 heterocycles. The van der Waals surface area contributed by atoms with Crippen LogP contribution in [0.25, 0.3) is 0 Å². The van der Waals surface area contributed by atoms with E-state index in [9.17, 15) is 4.79 Å². The summed E-state index contributed by atoms with van der Waals surface area (Å²) in [5.41, 5.74) is 6.82. The van der Waals surface area contributed by atoms with Crippen LogP contribution in [-0.2, 0) is 4.74 Å². The van der Waals surface area contributed by atoms with Crippen molar-refractivity contribution in [2.45, 2.75) is 19.8 Å². The summed E-state index contributed by atoms with van der Waals surface area (Å²) in [6.07, 6.45) is 2.55. The Labute approximate surface area is 106 Å². The van der Waals surface area contributed by atoms with Crippen LogP contribution in [0.1, 0.15) is 28.9 Å². The first-order valence-electron chi connectivity index (χ1n) is 6.23. The fourth-order valence-corrected chi connectivity index (χ4v) is 1.75. The van der Waals surface area contributed by atoms with Crippen LogP contribution in [0.15, 0.2) is 0 Å². The maximum Gasteiger partial charge on any atom is 0.259 e. The highest BCUT2D eigenvalue weighted by Crippen LogP contribution is 2.28. The summed E-state index contributed by atoms with van der Waals surface area (Å²) in [6.45, 7) is 3.73. The number of nitrogen functional groups attached to an aromatic ring is 1. The summed E-state index contributed by atoms with van der Waals surface area (Å²) in [5, 5.41) is 6.53. The summed E-state index contributed by atoms with van der Waals surface area (Å²) >= 11 is 0. The minimum absolute atomic E-state index is 0.117. The number of ether oxygens (including phenoxy) is 1. The van der Waals surface area contributed by atoms with Crippen molar-refractivity contribution in [3.05, 3.63) is 11.3 Å². The third kappa shape index (κ3) is 3.01. The van der Waals surface area contributed by atoms with Crippen molar-refractivity contribution in [1.29, 1.82) is 0 Å². The Bertz CT molecular complexity index is 406. The number of carbonyl (C=O) groups excluding carboxylic acids is 1. The monoisotopic (exact) mass is 252 g/mol. The first-order chi connectivity index (χ1) is 8.59. The molecule has 1 aromatic heterocycles. The average molecular weight is 252 g/mol. The third-order valence-corrected chi connectivity index (χ3v) is 3.16. The summed E-state index contributed by atoms with van der Waals surface area (Å²) in [7, 11) is 1.74. The molecule has 0 atom stereocenters. The first kappa shape index (κ1) is 12.9. The number of nitrogens with zero attached hydrogens (tertiary/aromatic N) is 2. The normalized spacial score (nSPS) is 14.8. The molecule has 1 aromatic rings. The molecule has 100 valence electrons. The standard InChI is InChI=1S/C12H20N4O2/c1-8-10(11(13)15-14-8)12(17)16(2)5-6-18-7-9-3-4-9/h9H,3-7H2,1-2H3,(H3,13,14,15). The van der Waals surface area contributed by atoms with Crippen LogP contribution in [-0.4, -0.2) is 47.8 Å². The van der Waals surface area contributed by atoms with Gasteiger partial charge in [0.05, 0.1) is 6.61 Å². The van der Waals surface area contributed by atoms with Crippen LogP contribution in [0.3, 0.4) is 0 Å². The molecule has 3 N–H and O–H groups in total. The Morgan fingerprint density at radius 3 is 2.89 bits per heavy atom. The Balaban J connectivity index is 1.80. The van der Waals surface area contributed by atoms with Crippen LogP contribution in [0.4, 0.5) is 5.82 Å². The lowest BCUT2D eigenvalue weighted by molar-refractivity contribution is 0.0681. The summed E-state index contributed by atoms with van der Waals surface area (Å²) < 4.78 is 5.51. The molecular weight excluding hydrogens is 232 g/mol. The second-order valence-electron chi connectivity index (χ2n) is 4.85. The molecule has 1 aliphatic carbocycles. The van der Waals surface area contributed by atoms with Crippen LogP contribution in [0, 0.1) is 12.8 Å². The summed E-state index contributed by atoms with van der Waals surface area (Å²) in [5.74, 6) is 0.884. The van der Waals surface area contributed by atoms with Crippen LogP contribution < -0.4 is 5.73 Å². The molecule has 0 unspecified atom stereocenters. The van der Waals surface area contributed by atoms with Crippen LogP contribution in [0.5, 0.6) is 0 Å². The molecule has 0 bridgehead atoms. The number of amides is 1. The van der Waals surface area contributed by atoms with Crippen molar-refractivity contribution in [3.63, 3.8) is 0 Å². The number of anilines is 1. The van der Waals surface area contributed by atoms with E-state index in [0.29, 0.717) is 24.4 Å². The van der Waals surface area contributed by atoms with Gasteiger partial charge in [-0.15, -0.1) is 0 Å². The van der Waals surface area contributed by atoms with Crippen LogP contribution >= 0.6 is 0 Å². The van der Waals surface area contributed by atoms with Gasteiger partial charge >= 0.3 is 0 Å². The molecule has 6 nitrogen and oxygen atoms in total. The van der Waals surface area contributed by atoms with E-state index in [1.54, 1.807) is 18.9 Å². The Morgan fingerprint density at radius 1 is 1.61 bits per heavy atom. The van der Waals surface area contributed by atoms with E-state index in [0.717, 1.165) is 12.5 Å². The lowest BCUT2D eigenvalue weighted by atomic mass is 10.2. The van der Waals surface area contributed by atoms with Gasteiger partial charge in [0.15, 0.2) is 5.82 Å². The number of nitrogens with two attached hydrogens (primary N) is 1. The number of carbonyl (C=O) groups is 1. The van der Waals surface area contributed by atoms with Crippen molar-refractivity contribution >= 4 is 11.7 Å². The molecule has 0 radical (unpaired) electrons. The number of aromatic amines is 1. The first-order valence-corrected chi connectivity index (χ1v) is 6.23. The molecule has 6 heteroatoms. The van der Waals surface area contributed by atoms with Gasteiger partial charge in [-0.3, -0.25) is 9.89 Å². The zero-order chi connectivity index (χ0) is 13.1. The molecular formula is C12H20N4O2. The number of rotatable bonds is 6. The van der Waals surface area contributed by atoms with Crippen molar-refractivity contribution in [2.24, 2.45) is 5.92 Å². The van der Waals surface area contributed by atoms with Gasteiger partial charge in [-0.25, -0.2) is 0 Å². The number of hydrogen-bond donors (Lipinski definition) is 2. The number of nitrogens with one attached hydrogen (secondary N) is 1. The number of H-pyrrole nitrogens is 1. The van der Waals surface area contributed by atoms with Crippen molar-refractivity contribution < 1.29 is 9.53 Å². The van der Waals surface area contributed by atoms with Gasteiger partial charge in [0.2, 0.25) is 0 Å². The SMILES string of the molecule is Cc1[nH]nc(N)c1C(=O)N(C)CCOCC1CC1. The summed E-state index contributed by atoms with van der Waals surface area (Å²) in [6, 6.07) is 0. The number of aryl methyl sites for hydroxylation is 1. The topological polar surface area (TPSA) is 84.2 Å². The van der Waals surface area contributed by atoms with E-state index >= 15 is 0 Å². The van der Waals surface area contributed by atoms with Gasteiger partial charge in [0.1, 0.15) is 5.56 Å². The van der Waals surface area contributed by atoms with Gasteiger partial charge in [-0.2, -0.15) is 5.10 Å². The van der Waals surface area contributed by atoms with Crippen molar-refractivity contribution in [1.82, 2.24) is 15.1 Å². The quantitative estimate of drug-likeness (QED) is 0.733. The molecule has 0 aliphatic heterocycles. The lowest BCUT2D eigenvalue weighted by Crippen LogP contribution is -2.31. The largest absolute Gasteiger partial charge is 0.382 e. The molecule has 0 spiro atoms. The van der Waals surface area contributed by atoms with Gasteiger partial charge < -0.3 is 15.4 Å². The Hall–Kier alpha value is -1.56. The van der Waals surface area contributed by atoms with E-state index in [1.165, 1.54) is 12.8 Å². The molecule has 1 amide bonds. The predicted molar refractivity (Wildman–Crippen MR) is 68.2 cm³/mol. The highest BCUT2D eigenvalue weighted by atomic mass is 16.5. The maximum absolute atomic E-state index is 12.1. The number of likely N-dealkylation sites (N-methyl/N-ethyl adjacent to an activating group) is 1. The second kappa shape index (κ2) is 5.39. The molecule has 1 saturated carbocycles. The Kier molecular flexibility index (Phi) is 3.86. The van der Waals surface area contributed by atoms with E-state index in [4.69, 9.17) is 10.5 Å². The fourth-order valence-electron chi connectivity index (χ4n) is 1.75. The van der Waals surface area contributed by atoms with E-state index < -0.39 is 0 Å². The van der Waals surface area contributed by atoms with Crippen molar-refractivity contribution in [2.75, 3.05) is 32.5 Å². The van der Waals surface area contributed by atoms with Gasteiger partial charge in [-0.1, -0.05) is 0 Å². The number of hydrogen-bond acceptors (Lipinski definition) is 4. The van der Waals surface area contributed by atoms with E-state index in [1.807, 2.05) is 0 Å². The molecule has 1 fully saturated rings. The minimum atomic E-state index is -0.117. The third-order valence-electron chi connectivity index (χ3n) is 3.16. The Morgan fingerprint density at radius 2 is 2.33 bits per heavy atom. The highest BCUT2D eigenvalue weighted by molar-refractivity contribution is 5.99. The minimum Gasteiger partial charge on any atom is -0.382 e. The number of aromatic nitrogens is 2. The van der Waals surface area contributed by atoms with Gasteiger partial charge in [0.25, 0.3) is 5.91 Å². The molecule has 0 aromatic carbocycles. The second-order valence-corrected chi connectivity index (χ2v) is 4.85. The average Bonchev–Trinajstić information content (AvgIpc) is 3.10. The van der Waals surface area contributed by atoms with Crippen LogP contribution in [0.2, 0.25) is 0 Å². The van der Waals surface area contributed by atoms with Gasteiger partial charge in [-0.05, 0) is 25.7 Å². The van der Waals surface area contributed by atoms with Crippen molar-refractivity contribution in [3.8, 4) is 0 Å².